The molecule has 92 valence electrons. The SMILES string of the molecule is NC1CCOC2(CCCCc3ccccc32)C1. The standard InChI is InChI=1S/C15H21NO/c16-13-8-10-17-15(11-13)9-4-3-6-12-5-1-2-7-14(12)15/h1-2,5,7,13H,3-4,6,8-11,16H2. The Labute approximate surface area is 103 Å². The Morgan fingerprint density at radius 1 is 1.24 bits per heavy atom. The van der Waals surface area contributed by atoms with E-state index >= 15 is 0 Å². The molecule has 1 heterocycles. The molecule has 2 aliphatic rings. The second-order valence-electron chi connectivity index (χ2n) is 5.46. The molecule has 3 rings (SSSR count). The van der Waals surface area contributed by atoms with Crippen LogP contribution in [0.1, 0.15) is 43.2 Å². The highest BCUT2D eigenvalue weighted by Gasteiger charge is 2.39. The van der Waals surface area contributed by atoms with Crippen LogP contribution in [0.2, 0.25) is 0 Å². The molecule has 2 heteroatoms. The average Bonchev–Trinajstić information content (AvgIpc) is 2.51. The second-order valence-corrected chi connectivity index (χ2v) is 5.46. The van der Waals surface area contributed by atoms with E-state index in [1.807, 2.05) is 0 Å². The van der Waals surface area contributed by atoms with Gasteiger partial charge in [0.05, 0.1) is 5.60 Å². The summed E-state index contributed by atoms with van der Waals surface area (Å²) in [7, 11) is 0. The molecule has 1 aliphatic carbocycles. The Balaban J connectivity index is 2.03. The first kappa shape index (κ1) is 11.2. The summed E-state index contributed by atoms with van der Waals surface area (Å²) in [6.07, 6.45) is 6.85. The van der Waals surface area contributed by atoms with E-state index < -0.39 is 0 Å². The summed E-state index contributed by atoms with van der Waals surface area (Å²) in [6.45, 7) is 0.815. The van der Waals surface area contributed by atoms with Crippen molar-refractivity contribution in [2.45, 2.75) is 50.2 Å². The largest absolute Gasteiger partial charge is 0.370 e. The van der Waals surface area contributed by atoms with Gasteiger partial charge in [-0.3, -0.25) is 0 Å². The number of ether oxygens (including phenoxy) is 1. The zero-order valence-electron chi connectivity index (χ0n) is 10.3. The Morgan fingerprint density at radius 2 is 2.12 bits per heavy atom. The third kappa shape index (κ3) is 2.00. The summed E-state index contributed by atoms with van der Waals surface area (Å²) >= 11 is 0. The van der Waals surface area contributed by atoms with E-state index in [0.29, 0.717) is 6.04 Å². The third-order valence-electron chi connectivity index (χ3n) is 4.24. The smallest absolute Gasteiger partial charge is 0.0948 e. The van der Waals surface area contributed by atoms with Crippen molar-refractivity contribution in [3.8, 4) is 0 Å². The molecule has 1 saturated heterocycles. The molecule has 2 N–H and O–H groups in total. The number of aryl methyl sites for hydroxylation is 1. The molecule has 2 atom stereocenters. The van der Waals surface area contributed by atoms with Gasteiger partial charge >= 0.3 is 0 Å². The minimum absolute atomic E-state index is 0.0786. The van der Waals surface area contributed by atoms with Crippen LogP contribution in [-0.4, -0.2) is 12.6 Å². The molecule has 0 saturated carbocycles. The lowest BCUT2D eigenvalue weighted by atomic mass is 9.80. The fourth-order valence-corrected chi connectivity index (χ4v) is 3.40. The Morgan fingerprint density at radius 3 is 3.00 bits per heavy atom. The summed E-state index contributed by atoms with van der Waals surface area (Å²) in [5.74, 6) is 0. The van der Waals surface area contributed by atoms with Gasteiger partial charge in [-0.15, -0.1) is 0 Å². The maximum Gasteiger partial charge on any atom is 0.0948 e. The molecule has 1 spiro atoms. The van der Waals surface area contributed by atoms with Gasteiger partial charge in [-0.1, -0.05) is 24.3 Å². The molecule has 2 unspecified atom stereocenters. The minimum Gasteiger partial charge on any atom is -0.370 e. The highest BCUT2D eigenvalue weighted by atomic mass is 16.5. The van der Waals surface area contributed by atoms with E-state index in [2.05, 4.69) is 24.3 Å². The van der Waals surface area contributed by atoms with Crippen molar-refractivity contribution in [3.05, 3.63) is 35.4 Å². The Bertz CT molecular complexity index is 404. The summed E-state index contributed by atoms with van der Waals surface area (Å²) in [5, 5.41) is 0. The van der Waals surface area contributed by atoms with Crippen LogP contribution in [0.3, 0.4) is 0 Å². The number of hydrogen-bond acceptors (Lipinski definition) is 2. The lowest BCUT2D eigenvalue weighted by molar-refractivity contribution is -0.0956. The maximum absolute atomic E-state index is 6.20. The molecule has 2 nitrogen and oxygen atoms in total. The zero-order chi connectivity index (χ0) is 11.7. The van der Waals surface area contributed by atoms with Crippen molar-refractivity contribution in [1.82, 2.24) is 0 Å². The van der Waals surface area contributed by atoms with Gasteiger partial charge in [0.2, 0.25) is 0 Å². The Hall–Kier alpha value is -0.860. The molecule has 1 fully saturated rings. The highest BCUT2D eigenvalue weighted by Crippen LogP contribution is 2.42. The van der Waals surface area contributed by atoms with E-state index in [9.17, 15) is 0 Å². The molecule has 17 heavy (non-hydrogen) atoms. The van der Waals surface area contributed by atoms with E-state index in [4.69, 9.17) is 10.5 Å². The van der Waals surface area contributed by atoms with Crippen molar-refractivity contribution in [2.24, 2.45) is 5.73 Å². The van der Waals surface area contributed by atoms with Crippen molar-refractivity contribution in [3.63, 3.8) is 0 Å². The van der Waals surface area contributed by atoms with E-state index in [1.165, 1.54) is 30.4 Å². The van der Waals surface area contributed by atoms with Gasteiger partial charge in [-0.05, 0) is 49.7 Å². The number of rotatable bonds is 0. The maximum atomic E-state index is 6.20. The first-order valence-corrected chi connectivity index (χ1v) is 6.78. The monoisotopic (exact) mass is 231 g/mol. The fourth-order valence-electron chi connectivity index (χ4n) is 3.40. The van der Waals surface area contributed by atoms with Crippen LogP contribution in [0.25, 0.3) is 0 Å². The average molecular weight is 231 g/mol. The van der Waals surface area contributed by atoms with Gasteiger partial charge in [0.15, 0.2) is 0 Å². The number of hydrogen-bond donors (Lipinski definition) is 1. The zero-order valence-corrected chi connectivity index (χ0v) is 10.3. The van der Waals surface area contributed by atoms with E-state index in [-0.39, 0.29) is 5.60 Å². The number of benzene rings is 1. The lowest BCUT2D eigenvalue weighted by Crippen LogP contribution is -2.43. The third-order valence-corrected chi connectivity index (χ3v) is 4.24. The number of nitrogens with two attached hydrogens (primary N) is 1. The number of fused-ring (bicyclic) bond motifs is 2. The van der Waals surface area contributed by atoms with Crippen LogP contribution in [0, 0.1) is 0 Å². The molecule has 0 radical (unpaired) electrons. The second kappa shape index (κ2) is 4.43. The summed E-state index contributed by atoms with van der Waals surface area (Å²) < 4.78 is 6.20. The van der Waals surface area contributed by atoms with Gasteiger partial charge in [0.25, 0.3) is 0 Å². The first-order chi connectivity index (χ1) is 8.30. The van der Waals surface area contributed by atoms with E-state index in [0.717, 1.165) is 25.9 Å². The fraction of sp³-hybridized carbons (Fsp3) is 0.600. The van der Waals surface area contributed by atoms with Crippen molar-refractivity contribution >= 4 is 0 Å². The van der Waals surface area contributed by atoms with Gasteiger partial charge in [0, 0.05) is 12.6 Å². The van der Waals surface area contributed by atoms with Gasteiger partial charge in [-0.25, -0.2) is 0 Å². The van der Waals surface area contributed by atoms with Crippen molar-refractivity contribution in [2.75, 3.05) is 6.61 Å². The van der Waals surface area contributed by atoms with E-state index in [1.54, 1.807) is 0 Å². The van der Waals surface area contributed by atoms with Crippen LogP contribution in [0.4, 0.5) is 0 Å². The van der Waals surface area contributed by atoms with Crippen LogP contribution < -0.4 is 5.73 Å². The van der Waals surface area contributed by atoms with Gasteiger partial charge in [0.1, 0.15) is 0 Å². The summed E-state index contributed by atoms with van der Waals surface area (Å²) in [5.41, 5.74) is 8.97. The van der Waals surface area contributed by atoms with Crippen molar-refractivity contribution < 1.29 is 4.74 Å². The lowest BCUT2D eigenvalue weighted by Gasteiger charge is -2.40. The topological polar surface area (TPSA) is 35.2 Å². The normalized spacial score (nSPS) is 33.1. The predicted molar refractivity (Wildman–Crippen MR) is 68.8 cm³/mol. The molecular weight excluding hydrogens is 210 g/mol. The van der Waals surface area contributed by atoms with Crippen LogP contribution >= 0.6 is 0 Å². The molecule has 0 amide bonds. The van der Waals surface area contributed by atoms with Crippen molar-refractivity contribution in [1.29, 1.82) is 0 Å². The predicted octanol–water partition coefficient (Wildman–Crippen LogP) is 2.75. The summed E-state index contributed by atoms with van der Waals surface area (Å²) in [6, 6.07) is 9.08. The molecule has 1 aliphatic heterocycles. The molecule has 0 bridgehead atoms. The summed E-state index contributed by atoms with van der Waals surface area (Å²) in [4.78, 5) is 0. The molecular formula is C15H21NO. The Kier molecular flexibility index (Phi) is 2.93. The molecule has 1 aromatic carbocycles. The van der Waals surface area contributed by atoms with Gasteiger partial charge in [-0.2, -0.15) is 0 Å². The minimum atomic E-state index is -0.0786. The first-order valence-electron chi connectivity index (χ1n) is 6.78. The quantitative estimate of drug-likeness (QED) is 0.745. The van der Waals surface area contributed by atoms with Gasteiger partial charge < -0.3 is 10.5 Å². The molecule has 0 aromatic heterocycles. The highest BCUT2D eigenvalue weighted by molar-refractivity contribution is 5.34. The van der Waals surface area contributed by atoms with Crippen LogP contribution in [0.5, 0.6) is 0 Å². The van der Waals surface area contributed by atoms with Crippen LogP contribution in [0.15, 0.2) is 24.3 Å². The molecule has 1 aromatic rings. The van der Waals surface area contributed by atoms with Crippen LogP contribution in [-0.2, 0) is 16.8 Å².